The van der Waals surface area contributed by atoms with E-state index in [1.54, 1.807) is 24.1 Å². The van der Waals surface area contributed by atoms with Gasteiger partial charge in [-0.25, -0.2) is 15.0 Å². The first-order chi connectivity index (χ1) is 11.1. The Morgan fingerprint density at radius 1 is 1.30 bits per heavy atom. The molecule has 0 radical (unpaired) electrons. The van der Waals surface area contributed by atoms with Gasteiger partial charge in [0.1, 0.15) is 11.4 Å². The number of ether oxygens (including phenoxy) is 2. The number of hydrogen-bond donors (Lipinski definition) is 0. The summed E-state index contributed by atoms with van der Waals surface area (Å²) in [5, 5.41) is 0. The Morgan fingerprint density at radius 2 is 2.13 bits per heavy atom. The monoisotopic (exact) mass is 312 g/mol. The third-order valence-electron chi connectivity index (χ3n) is 4.34. The second kappa shape index (κ2) is 4.99. The maximum atomic E-state index is 12.5. The molecule has 1 fully saturated rings. The van der Waals surface area contributed by atoms with Crippen molar-refractivity contribution < 1.29 is 14.3 Å². The summed E-state index contributed by atoms with van der Waals surface area (Å²) in [6.45, 7) is 3.36. The summed E-state index contributed by atoms with van der Waals surface area (Å²) in [5.41, 5.74) is 2.02. The topological polar surface area (TPSA) is 77.4 Å². The minimum atomic E-state index is -0.446. The molecule has 2 aromatic rings. The molecule has 4 heterocycles. The summed E-state index contributed by atoms with van der Waals surface area (Å²) >= 11 is 0. The predicted molar refractivity (Wildman–Crippen MR) is 79.9 cm³/mol. The highest BCUT2D eigenvalue weighted by Crippen LogP contribution is 2.42. The molecule has 0 saturated carbocycles. The van der Waals surface area contributed by atoms with Gasteiger partial charge in [0.15, 0.2) is 0 Å². The Kier molecular flexibility index (Phi) is 3.05. The smallest absolute Gasteiger partial charge is 0.255 e. The lowest BCUT2D eigenvalue weighted by Crippen LogP contribution is -2.61. The number of aromatic nitrogens is 3. The molecular formula is C16H16N4O3. The minimum Gasteiger partial charge on any atom is -0.481 e. The molecule has 2 aliphatic rings. The largest absolute Gasteiger partial charge is 0.481 e. The van der Waals surface area contributed by atoms with E-state index >= 15 is 0 Å². The zero-order valence-electron chi connectivity index (χ0n) is 12.9. The van der Waals surface area contributed by atoms with Crippen LogP contribution in [0.5, 0.6) is 5.88 Å². The summed E-state index contributed by atoms with van der Waals surface area (Å²) in [4.78, 5) is 27.0. The van der Waals surface area contributed by atoms with E-state index in [2.05, 4.69) is 15.0 Å². The number of carbonyl (C=O) groups excluding carboxylic acids is 1. The van der Waals surface area contributed by atoms with Crippen molar-refractivity contribution in [3.05, 3.63) is 47.2 Å². The van der Waals surface area contributed by atoms with E-state index < -0.39 is 5.60 Å². The Bertz CT molecular complexity index is 769. The molecule has 1 amide bonds. The molecule has 4 rings (SSSR count). The van der Waals surface area contributed by atoms with Crippen molar-refractivity contribution in [2.45, 2.75) is 19.1 Å². The molecule has 7 nitrogen and oxygen atoms in total. The van der Waals surface area contributed by atoms with Gasteiger partial charge in [0.05, 0.1) is 38.1 Å². The molecule has 0 N–H and O–H groups in total. The molecule has 2 aliphatic heterocycles. The average molecular weight is 312 g/mol. The minimum absolute atomic E-state index is 0.0594. The van der Waals surface area contributed by atoms with E-state index in [4.69, 9.17) is 9.47 Å². The summed E-state index contributed by atoms with van der Waals surface area (Å²) in [7, 11) is 1.54. The lowest BCUT2D eigenvalue weighted by atomic mass is 9.87. The number of rotatable bonds is 2. The Hall–Kier alpha value is -2.54. The lowest BCUT2D eigenvalue weighted by Gasteiger charge is -2.47. The average Bonchev–Trinajstić information content (AvgIpc) is 2.91. The van der Waals surface area contributed by atoms with Crippen LogP contribution in [0.15, 0.2) is 24.5 Å². The quantitative estimate of drug-likeness (QED) is 0.825. The van der Waals surface area contributed by atoms with Crippen LogP contribution in [0, 0.1) is 6.92 Å². The molecule has 0 bridgehead atoms. The second-order valence-corrected chi connectivity index (χ2v) is 5.81. The molecule has 23 heavy (non-hydrogen) atoms. The lowest BCUT2D eigenvalue weighted by molar-refractivity contribution is -0.126. The number of hydrogen-bond acceptors (Lipinski definition) is 6. The van der Waals surface area contributed by atoms with E-state index in [1.165, 1.54) is 6.20 Å². The van der Waals surface area contributed by atoms with Crippen molar-refractivity contribution in [3.63, 3.8) is 0 Å². The summed E-state index contributed by atoms with van der Waals surface area (Å²) in [6, 6.07) is 3.40. The predicted octanol–water partition coefficient (Wildman–Crippen LogP) is 1.07. The van der Waals surface area contributed by atoms with Crippen molar-refractivity contribution in [1.82, 2.24) is 19.9 Å². The van der Waals surface area contributed by atoms with Gasteiger partial charge < -0.3 is 14.4 Å². The number of methoxy groups -OCH3 is 1. The summed E-state index contributed by atoms with van der Waals surface area (Å²) < 4.78 is 10.9. The van der Waals surface area contributed by atoms with Gasteiger partial charge in [0.2, 0.25) is 5.88 Å². The molecular weight excluding hydrogens is 296 g/mol. The van der Waals surface area contributed by atoms with Crippen molar-refractivity contribution in [1.29, 1.82) is 0 Å². The first-order valence-corrected chi connectivity index (χ1v) is 7.37. The van der Waals surface area contributed by atoms with Crippen LogP contribution in [0.3, 0.4) is 0 Å². The fraction of sp³-hybridized carbons (Fsp3) is 0.375. The van der Waals surface area contributed by atoms with Crippen LogP contribution in [-0.4, -0.2) is 46.0 Å². The second-order valence-electron chi connectivity index (χ2n) is 5.81. The standard InChI is InChI=1S/C16H16N4O3/c1-10-17-6-12-13(19-10)7-23-16(12)8-20(9-16)15(21)11-3-4-14(22-2)18-5-11/h3-6H,7-9H2,1-2H3. The molecule has 0 unspecified atom stereocenters. The molecule has 1 spiro atoms. The third kappa shape index (κ3) is 2.16. The van der Waals surface area contributed by atoms with Crippen molar-refractivity contribution >= 4 is 5.91 Å². The van der Waals surface area contributed by atoms with Crippen LogP contribution in [0.4, 0.5) is 0 Å². The summed E-state index contributed by atoms with van der Waals surface area (Å²) in [5.74, 6) is 1.17. The van der Waals surface area contributed by atoms with Crippen LogP contribution < -0.4 is 4.74 Å². The summed E-state index contributed by atoms with van der Waals surface area (Å²) in [6.07, 6.45) is 3.35. The number of fused-ring (bicyclic) bond motifs is 2. The Morgan fingerprint density at radius 3 is 2.83 bits per heavy atom. The highest BCUT2D eigenvalue weighted by Gasteiger charge is 2.52. The first-order valence-electron chi connectivity index (χ1n) is 7.37. The molecule has 1 saturated heterocycles. The van der Waals surface area contributed by atoms with Crippen LogP contribution >= 0.6 is 0 Å². The van der Waals surface area contributed by atoms with Crippen LogP contribution in [0.2, 0.25) is 0 Å². The van der Waals surface area contributed by atoms with E-state index in [0.717, 1.165) is 17.1 Å². The molecule has 0 atom stereocenters. The molecule has 0 aliphatic carbocycles. The van der Waals surface area contributed by atoms with Crippen LogP contribution in [0.25, 0.3) is 0 Å². The van der Waals surface area contributed by atoms with E-state index in [9.17, 15) is 4.79 Å². The number of amides is 1. The van der Waals surface area contributed by atoms with Gasteiger partial charge in [0, 0.05) is 24.0 Å². The van der Waals surface area contributed by atoms with Crippen molar-refractivity contribution in [2.24, 2.45) is 0 Å². The zero-order chi connectivity index (χ0) is 16.0. The highest BCUT2D eigenvalue weighted by molar-refractivity contribution is 5.94. The van der Waals surface area contributed by atoms with Gasteiger partial charge in [-0.2, -0.15) is 0 Å². The van der Waals surface area contributed by atoms with Gasteiger partial charge in [0.25, 0.3) is 5.91 Å². The third-order valence-corrected chi connectivity index (χ3v) is 4.34. The molecule has 0 aromatic carbocycles. The SMILES string of the molecule is COc1ccc(C(=O)N2CC3(C2)OCc2nc(C)ncc23)cn1. The van der Waals surface area contributed by atoms with Gasteiger partial charge in [-0.3, -0.25) is 4.79 Å². The van der Waals surface area contributed by atoms with Crippen LogP contribution in [0.1, 0.15) is 27.4 Å². The fourth-order valence-corrected chi connectivity index (χ4v) is 3.08. The number of carbonyl (C=O) groups is 1. The van der Waals surface area contributed by atoms with Gasteiger partial charge in [-0.05, 0) is 13.0 Å². The van der Waals surface area contributed by atoms with Gasteiger partial charge in [-0.1, -0.05) is 0 Å². The van der Waals surface area contributed by atoms with Gasteiger partial charge in [-0.15, -0.1) is 0 Å². The number of nitrogens with zero attached hydrogens (tertiary/aromatic N) is 4. The van der Waals surface area contributed by atoms with Crippen molar-refractivity contribution in [3.8, 4) is 5.88 Å². The van der Waals surface area contributed by atoms with E-state index in [0.29, 0.717) is 31.1 Å². The number of aryl methyl sites for hydroxylation is 1. The maximum absolute atomic E-state index is 12.5. The number of pyridine rings is 1. The normalized spacial score (nSPS) is 17.7. The van der Waals surface area contributed by atoms with Gasteiger partial charge >= 0.3 is 0 Å². The molecule has 2 aromatic heterocycles. The maximum Gasteiger partial charge on any atom is 0.255 e. The Balaban J connectivity index is 1.50. The Labute approximate surface area is 133 Å². The van der Waals surface area contributed by atoms with Crippen molar-refractivity contribution in [2.75, 3.05) is 20.2 Å². The molecule has 7 heteroatoms. The first kappa shape index (κ1) is 14.1. The van der Waals surface area contributed by atoms with Crippen LogP contribution in [-0.2, 0) is 16.9 Å². The highest BCUT2D eigenvalue weighted by atomic mass is 16.5. The molecule has 118 valence electrons. The number of likely N-dealkylation sites (tertiary alicyclic amines) is 1. The van der Waals surface area contributed by atoms with E-state index in [-0.39, 0.29) is 5.91 Å². The fourth-order valence-electron chi connectivity index (χ4n) is 3.08. The van der Waals surface area contributed by atoms with E-state index in [1.807, 2.05) is 13.1 Å². The zero-order valence-corrected chi connectivity index (χ0v) is 12.9.